The lowest BCUT2D eigenvalue weighted by Crippen LogP contribution is -1.97. The van der Waals surface area contributed by atoms with E-state index in [0.29, 0.717) is 6.61 Å². The predicted molar refractivity (Wildman–Crippen MR) is 61.0 cm³/mol. The third kappa shape index (κ3) is 2.04. The molecule has 0 saturated heterocycles. The summed E-state index contributed by atoms with van der Waals surface area (Å²) in [6, 6.07) is 9.91. The summed E-state index contributed by atoms with van der Waals surface area (Å²) in [7, 11) is 0. The van der Waals surface area contributed by atoms with Gasteiger partial charge >= 0.3 is 0 Å². The van der Waals surface area contributed by atoms with E-state index in [1.807, 2.05) is 30.3 Å². The van der Waals surface area contributed by atoms with Crippen LogP contribution >= 0.6 is 15.9 Å². The molecule has 1 aromatic carbocycles. The molecule has 0 spiro atoms. The molecule has 0 N–H and O–H groups in total. The second-order valence-corrected chi connectivity index (χ2v) is 3.69. The van der Waals surface area contributed by atoms with Crippen LogP contribution in [0.3, 0.4) is 0 Å². The van der Waals surface area contributed by atoms with Crippen LogP contribution in [0.4, 0.5) is 0 Å². The lowest BCUT2D eigenvalue weighted by atomic mass is 10.2. The van der Waals surface area contributed by atoms with E-state index in [-0.39, 0.29) is 0 Å². The van der Waals surface area contributed by atoms with Crippen LogP contribution in [0, 0.1) is 0 Å². The van der Waals surface area contributed by atoms with Gasteiger partial charge in [-0.2, -0.15) is 0 Å². The van der Waals surface area contributed by atoms with Gasteiger partial charge in [0.15, 0.2) is 0 Å². The molecule has 0 atom stereocenters. The zero-order valence-electron chi connectivity index (χ0n) is 7.61. The summed E-state index contributed by atoms with van der Waals surface area (Å²) >= 11 is 3.32. The number of nitrogens with zero attached hydrogens (tertiary/aromatic N) is 1. The van der Waals surface area contributed by atoms with E-state index in [4.69, 9.17) is 4.74 Å². The fourth-order valence-corrected chi connectivity index (χ4v) is 1.45. The van der Waals surface area contributed by atoms with Gasteiger partial charge in [0.05, 0.1) is 12.1 Å². The summed E-state index contributed by atoms with van der Waals surface area (Å²) in [6.45, 7) is 0.679. The van der Waals surface area contributed by atoms with Crippen molar-refractivity contribution in [3.8, 4) is 5.75 Å². The highest BCUT2D eigenvalue weighted by Gasteiger charge is 1.96. The largest absolute Gasteiger partial charge is 0.493 e. The van der Waals surface area contributed by atoms with E-state index in [1.54, 1.807) is 6.20 Å². The van der Waals surface area contributed by atoms with Gasteiger partial charge in [-0.3, -0.25) is 4.98 Å². The van der Waals surface area contributed by atoms with Crippen LogP contribution in [-0.4, -0.2) is 16.9 Å². The van der Waals surface area contributed by atoms with Gasteiger partial charge in [0.25, 0.3) is 0 Å². The molecule has 0 aliphatic rings. The smallest absolute Gasteiger partial charge is 0.121 e. The van der Waals surface area contributed by atoms with Gasteiger partial charge in [-0.1, -0.05) is 22.0 Å². The maximum Gasteiger partial charge on any atom is 0.121 e. The number of aromatic nitrogens is 1. The number of alkyl halides is 1. The molecule has 0 amide bonds. The SMILES string of the molecule is BrCCOc1ccc2cccnc2c1. The monoisotopic (exact) mass is 251 g/mol. The van der Waals surface area contributed by atoms with Gasteiger partial charge in [-0.05, 0) is 18.2 Å². The van der Waals surface area contributed by atoms with Crippen LogP contribution in [0.2, 0.25) is 0 Å². The highest BCUT2D eigenvalue weighted by atomic mass is 79.9. The van der Waals surface area contributed by atoms with E-state index >= 15 is 0 Å². The first-order valence-electron chi connectivity index (χ1n) is 4.44. The fraction of sp³-hybridized carbons (Fsp3) is 0.182. The molecule has 0 bridgehead atoms. The number of pyridine rings is 1. The molecular formula is C11H10BrNO. The second-order valence-electron chi connectivity index (χ2n) is 2.90. The summed E-state index contributed by atoms with van der Waals surface area (Å²) in [6.07, 6.45) is 1.79. The van der Waals surface area contributed by atoms with Gasteiger partial charge in [-0.15, -0.1) is 0 Å². The van der Waals surface area contributed by atoms with Crippen molar-refractivity contribution in [1.29, 1.82) is 0 Å². The summed E-state index contributed by atoms with van der Waals surface area (Å²) in [5, 5.41) is 1.98. The van der Waals surface area contributed by atoms with Crippen molar-refractivity contribution in [3.63, 3.8) is 0 Å². The van der Waals surface area contributed by atoms with Gasteiger partial charge in [0.2, 0.25) is 0 Å². The molecular weight excluding hydrogens is 242 g/mol. The number of hydrogen-bond acceptors (Lipinski definition) is 2. The minimum absolute atomic E-state index is 0.679. The first kappa shape index (κ1) is 9.46. The molecule has 3 heteroatoms. The molecule has 0 aliphatic carbocycles. The van der Waals surface area contributed by atoms with E-state index in [0.717, 1.165) is 22.0 Å². The fourth-order valence-electron chi connectivity index (χ4n) is 1.29. The van der Waals surface area contributed by atoms with Gasteiger partial charge < -0.3 is 4.74 Å². The standard InChI is InChI=1S/C11H10BrNO/c12-5-7-14-10-4-3-9-2-1-6-13-11(9)8-10/h1-4,6,8H,5,7H2. The summed E-state index contributed by atoms with van der Waals surface area (Å²) < 4.78 is 5.48. The Labute approximate surface area is 91.0 Å². The Morgan fingerprint density at radius 2 is 2.21 bits per heavy atom. The Hall–Kier alpha value is -1.09. The third-order valence-corrected chi connectivity index (χ3v) is 2.25. The van der Waals surface area contributed by atoms with Gasteiger partial charge in [0, 0.05) is 23.0 Å². The van der Waals surface area contributed by atoms with E-state index in [2.05, 4.69) is 20.9 Å². The molecule has 1 aromatic heterocycles. The normalized spacial score (nSPS) is 10.4. The lowest BCUT2D eigenvalue weighted by Gasteiger charge is -2.04. The van der Waals surface area contributed by atoms with Crippen molar-refractivity contribution in [2.24, 2.45) is 0 Å². The molecule has 14 heavy (non-hydrogen) atoms. The summed E-state index contributed by atoms with van der Waals surface area (Å²) in [4.78, 5) is 4.26. The van der Waals surface area contributed by atoms with Crippen LogP contribution in [0.15, 0.2) is 36.5 Å². The summed E-state index contributed by atoms with van der Waals surface area (Å²) in [5.74, 6) is 0.871. The maximum atomic E-state index is 5.48. The quantitative estimate of drug-likeness (QED) is 0.783. The molecule has 2 aromatic rings. The predicted octanol–water partition coefficient (Wildman–Crippen LogP) is 3.01. The third-order valence-electron chi connectivity index (χ3n) is 1.92. The van der Waals surface area contributed by atoms with E-state index < -0.39 is 0 Å². The molecule has 0 fully saturated rings. The topological polar surface area (TPSA) is 22.1 Å². The molecule has 0 radical (unpaired) electrons. The number of fused-ring (bicyclic) bond motifs is 1. The van der Waals surface area contributed by atoms with Crippen molar-refractivity contribution in [2.45, 2.75) is 0 Å². The van der Waals surface area contributed by atoms with Crippen LogP contribution in [-0.2, 0) is 0 Å². The van der Waals surface area contributed by atoms with Crippen LogP contribution in [0.5, 0.6) is 5.75 Å². The minimum Gasteiger partial charge on any atom is -0.493 e. The number of benzene rings is 1. The maximum absolute atomic E-state index is 5.48. The molecule has 2 rings (SSSR count). The first-order chi connectivity index (χ1) is 6.90. The molecule has 0 saturated carbocycles. The van der Waals surface area contributed by atoms with Crippen molar-refractivity contribution >= 4 is 26.8 Å². The Balaban J connectivity index is 2.32. The van der Waals surface area contributed by atoms with Crippen molar-refractivity contribution < 1.29 is 4.74 Å². The van der Waals surface area contributed by atoms with Gasteiger partial charge in [-0.25, -0.2) is 0 Å². The molecule has 72 valence electrons. The average Bonchev–Trinajstić information content (AvgIpc) is 2.26. The van der Waals surface area contributed by atoms with Crippen LogP contribution in [0.1, 0.15) is 0 Å². The number of ether oxygens (including phenoxy) is 1. The highest BCUT2D eigenvalue weighted by molar-refractivity contribution is 9.09. The Bertz CT molecular complexity index is 430. The average molecular weight is 252 g/mol. The van der Waals surface area contributed by atoms with Gasteiger partial charge in [0.1, 0.15) is 5.75 Å². The molecule has 0 unspecified atom stereocenters. The second kappa shape index (κ2) is 4.42. The summed E-state index contributed by atoms with van der Waals surface area (Å²) in [5.41, 5.74) is 0.972. The van der Waals surface area contributed by atoms with Crippen molar-refractivity contribution in [2.75, 3.05) is 11.9 Å². The first-order valence-corrected chi connectivity index (χ1v) is 5.56. The molecule has 0 aliphatic heterocycles. The molecule has 1 heterocycles. The van der Waals surface area contributed by atoms with Crippen molar-refractivity contribution in [3.05, 3.63) is 36.5 Å². The Morgan fingerprint density at radius 3 is 3.07 bits per heavy atom. The number of hydrogen-bond donors (Lipinski definition) is 0. The Morgan fingerprint density at radius 1 is 1.29 bits per heavy atom. The van der Waals surface area contributed by atoms with E-state index in [1.165, 1.54) is 0 Å². The molecule has 2 nitrogen and oxygen atoms in total. The van der Waals surface area contributed by atoms with E-state index in [9.17, 15) is 0 Å². The van der Waals surface area contributed by atoms with Crippen molar-refractivity contribution in [1.82, 2.24) is 4.98 Å². The van der Waals surface area contributed by atoms with Crippen LogP contribution < -0.4 is 4.74 Å². The number of halogens is 1. The van der Waals surface area contributed by atoms with Crippen LogP contribution in [0.25, 0.3) is 10.9 Å². The highest BCUT2D eigenvalue weighted by Crippen LogP contribution is 2.18. The Kier molecular flexibility index (Phi) is 2.99. The zero-order chi connectivity index (χ0) is 9.80. The minimum atomic E-state index is 0.679. The zero-order valence-corrected chi connectivity index (χ0v) is 9.20. The lowest BCUT2D eigenvalue weighted by molar-refractivity contribution is 0.345. The number of rotatable bonds is 3.